The van der Waals surface area contributed by atoms with E-state index in [4.69, 9.17) is 4.42 Å². The molecule has 1 heterocycles. The third kappa shape index (κ3) is 3.33. The van der Waals surface area contributed by atoms with Gasteiger partial charge < -0.3 is 9.73 Å². The van der Waals surface area contributed by atoms with Crippen LogP contribution in [0.25, 0.3) is 0 Å². The molecule has 1 aromatic heterocycles. The molecule has 0 radical (unpaired) electrons. The normalized spacial score (nSPS) is 17.6. The lowest BCUT2D eigenvalue weighted by Gasteiger charge is -2.23. The Morgan fingerprint density at radius 2 is 2.29 bits per heavy atom. The average Bonchev–Trinajstić information content (AvgIpc) is 3.08. The van der Waals surface area contributed by atoms with Crippen LogP contribution < -0.4 is 5.32 Å². The monoisotopic (exact) mass is 236 g/mol. The van der Waals surface area contributed by atoms with Crippen molar-refractivity contribution in [1.82, 2.24) is 10.2 Å². The van der Waals surface area contributed by atoms with Crippen molar-refractivity contribution in [3.05, 3.63) is 23.7 Å². The van der Waals surface area contributed by atoms with E-state index in [1.807, 2.05) is 0 Å². The maximum absolute atomic E-state index is 5.60. The zero-order valence-corrected chi connectivity index (χ0v) is 11.2. The van der Waals surface area contributed by atoms with E-state index >= 15 is 0 Å². The van der Waals surface area contributed by atoms with Gasteiger partial charge in [0, 0.05) is 18.2 Å². The van der Waals surface area contributed by atoms with Crippen molar-refractivity contribution in [3.63, 3.8) is 0 Å². The minimum atomic E-state index is 0.673. The molecule has 17 heavy (non-hydrogen) atoms. The van der Waals surface area contributed by atoms with E-state index in [0.29, 0.717) is 6.04 Å². The Bertz CT molecular complexity index is 344. The van der Waals surface area contributed by atoms with Gasteiger partial charge in [-0.05, 0) is 45.3 Å². The summed E-state index contributed by atoms with van der Waals surface area (Å²) < 4.78 is 5.60. The fraction of sp³-hybridized carbons (Fsp3) is 0.714. The van der Waals surface area contributed by atoms with Gasteiger partial charge in [0.15, 0.2) is 0 Å². The van der Waals surface area contributed by atoms with Gasteiger partial charge in [-0.1, -0.05) is 6.92 Å². The van der Waals surface area contributed by atoms with Crippen LogP contribution in [0.4, 0.5) is 0 Å². The van der Waals surface area contributed by atoms with Crippen LogP contribution in [0.15, 0.2) is 16.7 Å². The molecule has 1 unspecified atom stereocenters. The minimum Gasteiger partial charge on any atom is -0.468 e. The SMILES string of the molecule is CCNCc1ccoc1CN(C)C(C)C1CC1. The topological polar surface area (TPSA) is 28.4 Å². The molecular weight excluding hydrogens is 212 g/mol. The molecule has 1 saturated carbocycles. The molecule has 1 fully saturated rings. The zero-order valence-electron chi connectivity index (χ0n) is 11.2. The smallest absolute Gasteiger partial charge is 0.122 e. The molecule has 0 aliphatic heterocycles. The first-order valence-corrected chi connectivity index (χ1v) is 6.68. The van der Waals surface area contributed by atoms with Crippen LogP contribution in [0.3, 0.4) is 0 Å². The van der Waals surface area contributed by atoms with E-state index in [1.165, 1.54) is 18.4 Å². The predicted octanol–water partition coefficient (Wildman–Crippen LogP) is 2.62. The van der Waals surface area contributed by atoms with Gasteiger partial charge in [-0.25, -0.2) is 0 Å². The van der Waals surface area contributed by atoms with E-state index < -0.39 is 0 Å². The molecular formula is C14H24N2O. The number of hydrogen-bond acceptors (Lipinski definition) is 3. The number of nitrogens with one attached hydrogen (secondary N) is 1. The summed E-state index contributed by atoms with van der Waals surface area (Å²) in [7, 11) is 2.20. The van der Waals surface area contributed by atoms with Gasteiger partial charge in [-0.2, -0.15) is 0 Å². The fourth-order valence-corrected chi connectivity index (χ4v) is 2.23. The van der Waals surface area contributed by atoms with E-state index in [0.717, 1.165) is 31.3 Å². The third-order valence-electron chi connectivity index (χ3n) is 3.80. The first kappa shape index (κ1) is 12.7. The van der Waals surface area contributed by atoms with Gasteiger partial charge in [0.2, 0.25) is 0 Å². The molecule has 96 valence electrons. The number of nitrogens with zero attached hydrogens (tertiary/aromatic N) is 1. The second-order valence-electron chi connectivity index (χ2n) is 5.14. The summed E-state index contributed by atoms with van der Waals surface area (Å²) in [5.41, 5.74) is 1.29. The van der Waals surface area contributed by atoms with Gasteiger partial charge in [0.05, 0.1) is 12.8 Å². The van der Waals surface area contributed by atoms with Crippen molar-refractivity contribution < 1.29 is 4.42 Å². The molecule has 3 heteroatoms. The van der Waals surface area contributed by atoms with Crippen LogP contribution >= 0.6 is 0 Å². The number of rotatable bonds is 7. The van der Waals surface area contributed by atoms with Gasteiger partial charge in [0.25, 0.3) is 0 Å². The first-order valence-electron chi connectivity index (χ1n) is 6.68. The molecule has 0 amide bonds. The van der Waals surface area contributed by atoms with Crippen LogP contribution in [0, 0.1) is 5.92 Å². The summed E-state index contributed by atoms with van der Waals surface area (Å²) in [6.07, 6.45) is 4.60. The molecule has 2 rings (SSSR count). The maximum Gasteiger partial charge on any atom is 0.122 e. The Kier molecular flexibility index (Phi) is 4.24. The molecule has 0 spiro atoms. The fourth-order valence-electron chi connectivity index (χ4n) is 2.23. The quantitative estimate of drug-likeness (QED) is 0.789. The molecule has 1 N–H and O–H groups in total. The first-order chi connectivity index (χ1) is 8.22. The van der Waals surface area contributed by atoms with Gasteiger partial charge >= 0.3 is 0 Å². The Labute approximate surface area is 104 Å². The second kappa shape index (κ2) is 5.69. The lowest BCUT2D eigenvalue weighted by Crippen LogP contribution is -2.30. The van der Waals surface area contributed by atoms with E-state index in [-0.39, 0.29) is 0 Å². The van der Waals surface area contributed by atoms with Gasteiger partial charge in [-0.15, -0.1) is 0 Å². The average molecular weight is 236 g/mol. The molecule has 0 aromatic carbocycles. The van der Waals surface area contributed by atoms with Crippen LogP contribution in [-0.2, 0) is 13.1 Å². The van der Waals surface area contributed by atoms with Crippen molar-refractivity contribution >= 4 is 0 Å². The van der Waals surface area contributed by atoms with Crippen LogP contribution in [0.5, 0.6) is 0 Å². The summed E-state index contributed by atoms with van der Waals surface area (Å²) in [4.78, 5) is 2.41. The summed E-state index contributed by atoms with van der Waals surface area (Å²) in [6.45, 7) is 7.28. The Hall–Kier alpha value is -0.800. The molecule has 1 aliphatic rings. The van der Waals surface area contributed by atoms with Crippen molar-refractivity contribution in [2.24, 2.45) is 5.92 Å². The van der Waals surface area contributed by atoms with Crippen molar-refractivity contribution in [2.45, 2.75) is 45.8 Å². The second-order valence-corrected chi connectivity index (χ2v) is 5.14. The Morgan fingerprint density at radius 1 is 1.53 bits per heavy atom. The van der Waals surface area contributed by atoms with Crippen molar-refractivity contribution in [1.29, 1.82) is 0 Å². The molecule has 1 aliphatic carbocycles. The van der Waals surface area contributed by atoms with Crippen LogP contribution in [0.2, 0.25) is 0 Å². The molecule has 1 atom stereocenters. The third-order valence-corrected chi connectivity index (χ3v) is 3.80. The summed E-state index contributed by atoms with van der Waals surface area (Å²) >= 11 is 0. The molecule has 3 nitrogen and oxygen atoms in total. The highest BCUT2D eigenvalue weighted by Crippen LogP contribution is 2.35. The summed E-state index contributed by atoms with van der Waals surface area (Å²) in [5, 5.41) is 3.35. The number of furan rings is 1. The summed E-state index contributed by atoms with van der Waals surface area (Å²) in [5.74, 6) is 2.02. The highest BCUT2D eigenvalue weighted by Gasteiger charge is 2.30. The largest absolute Gasteiger partial charge is 0.468 e. The van der Waals surface area contributed by atoms with E-state index in [9.17, 15) is 0 Å². The Morgan fingerprint density at radius 3 is 2.94 bits per heavy atom. The van der Waals surface area contributed by atoms with Crippen LogP contribution in [-0.4, -0.2) is 24.5 Å². The van der Waals surface area contributed by atoms with Gasteiger partial charge in [-0.3, -0.25) is 4.90 Å². The van der Waals surface area contributed by atoms with Crippen molar-refractivity contribution in [2.75, 3.05) is 13.6 Å². The lowest BCUT2D eigenvalue weighted by atomic mass is 10.1. The lowest BCUT2D eigenvalue weighted by molar-refractivity contribution is 0.209. The van der Waals surface area contributed by atoms with E-state index in [2.05, 4.69) is 37.2 Å². The number of hydrogen-bond donors (Lipinski definition) is 1. The van der Waals surface area contributed by atoms with Crippen molar-refractivity contribution in [3.8, 4) is 0 Å². The summed E-state index contributed by atoms with van der Waals surface area (Å²) in [6, 6.07) is 2.75. The Balaban J connectivity index is 1.90. The zero-order chi connectivity index (χ0) is 12.3. The minimum absolute atomic E-state index is 0.673. The highest BCUT2D eigenvalue weighted by molar-refractivity contribution is 5.16. The predicted molar refractivity (Wildman–Crippen MR) is 69.7 cm³/mol. The molecule has 0 saturated heterocycles. The molecule has 1 aromatic rings. The maximum atomic E-state index is 5.60. The standard InChI is InChI=1S/C14H24N2O/c1-4-15-9-13-7-8-17-14(13)10-16(3)11(2)12-5-6-12/h7-8,11-12,15H,4-6,9-10H2,1-3H3. The van der Waals surface area contributed by atoms with E-state index in [1.54, 1.807) is 6.26 Å². The highest BCUT2D eigenvalue weighted by atomic mass is 16.3. The molecule has 0 bridgehead atoms. The van der Waals surface area contributed by atoms with Crippen LogP contribution in [0.1, 0.15) is 38.0 Å². The van der Waals surface area contributed by atoms with Gasteiger partial charge in [0.1, 0.15) is 5.76 Å².